The van der Waals surface area contributed by atoms with Crippen molar-refractivity contribution in [2.24, 2.45) is 5.41 Å². The van der Waals surface area contributed by atoms with E-state index < -0.39 is 17.1 Å². The molecule has 2 heterocycles. The summed E-state index contributed by atoms with van der Waals surface area (Å²) in [6, 6.07) is 25.2. The maximum Gasteiger partial charge on any atom is 0.203 e. The lowest BCUT2D eigenvalue weighted by atomic mass is 9.64. The number of β-amino-alcohol motifs (C(OH)–C–C–N with tert-alkyl or cyclic N) is 1. The van der Waals surface area contributed by atoms with Gasteiger partial charge in [-0.15, -0.1) is 11.3 Å². The van der Waals surface area contributed by atoms with Gasteiger partial charge in [-0.2, -0.15) is 0 Å². The number of aliphatic hydroxyl groups is 2. The minimum absolute atomic E-state index is 0.0449. The molecule has 4 nitrogen and oxygen atoms in total. The Hall–Kier alpha value is -3.09. The molecule has 5 heteroatoms. The van der Waals surface area contributed by atoms with Crippen LogP contribution < -0.4 is 0 Å². The highest BCUT2D eigenvalue weighted by Gasteiger charge is 2.57. The first-order valence-electron chi connectivity index (χ1n) is 16.7. The third-order valence-corrected chi connectivity index (χ3v) is 12.4. The summed E-state index contributed by atoms with van der Waals surface area (Å²) >= 11 is 1.55. The van der Waals surface area contributed by atoms with Gasteiger partial charge in [0.25, 0.3) is 0 Å². The van der Waals surface area contributed by atoms with Crippen LogP contribution in [0.2, 0.25) is 0 Å². The molecule has 1 aromatic heterocycles. The number of benzene rings is 3. The van der Waals surface area contributed by atoms with Crippen molar-refractivity contribution >= 4 is 27.2 Å². The van der Waals surface area contributed by atoms with E-state index in [1.54, 1.807) is 11.3 Å². The summed E-state index contributed by atoms with van der Waals surface area (Å²) in [4.78, 5) is 17.6. The van der Waals surface area contributed by atoms with E-state index in [2.05, 4.69) is 79.4 Å². The van der Waals surface area contributed by atoms with Gasteiger partial charge in [-0.25, -0.2) is 0 Å². The van der Waals surface area contributed by atoms with Gasteiger partial charge >= 0.3 is 0 Å². The molecule has 3 aromatic carbocycles. The van der Waals surface area contributed by atoms with E-state index in [1.807, 2.05) is 18.2 Å². The van der Waals surface area contributed by atoms with Crippen molar-refractivity contribution in [1.29, 1.82) is 0 Å². The summed E-state index contributed by atoms with van der Waals surface area (Å²) in [7, 11) is 0. The summed E-state index contributed by atoms with van der Waals surface area (Å²) in [6.07, 6.45) is 8.23. The van der Waals surface area contributed by atoms with E-state index in [0.29, 0.717) is 25.8 Å². The topological polar surface area (TPSA) is 60.8 Å². The third kappa shape index (κ3) is 5.85. The molecule has 0 spiro atoms. The average molecular weight is 620 g/mol. The van der Waals surface area contributed by atoms with Gasteiger partial charge in [-0.1, -0.05) is 73.2 Å². The number of rotatable bonds is 4. The summed E-state index contributed by atoms with van der Waals surface area (Å²) in [6.45, 7) is 6.92. The standard InChI is InChI=1S/C40H45NO3S/c1-27-8-7-19-39(2)35(17-20-40(39,44)26-41-21-18-29-9-3-4-11-31(29)25-41)33-16-14-28(22-32(42)15-13-27)23-34(33)38(43)37-24-30-10-5-6-12-36(30)45-37/h3-6,8-12,14,16,23-24,32,35,42,44H,7,13,15,17-22,25-26H2,1-2H3. The molecule has 1 saturated carbocycles. The van der Waals surface area contributed by atoms with Crippen LogP contribution in [-0.4, -0.2) is 45.7 Å². The van der Waals surface area contributed by atoms with Gasteiger partial charge in [0.15, 0.2) is 0 Å². The van der Waals surface area contributed by atoms with Crippen LogP contribution in [-0.2, 0) is 19.4 Å². The summed E-state index contributed by atoms with van der Waals surface area (Å²) in [5, 5.41) is 24.8. The molecule has 1 aliphatic heterocycles. The van der Waals surface area contributed by atoms with Crippen molar-refractivity contribution in [2.45, 2.75) is 89.4 Å². The zero-order valence-electron chi connectivity index (χ0n) is 26.6. The Morgan fingerprint density at radius 3 is 2.62 bits per heavy atom. The lowest BCUT2D eigenvalue weighted by Crippen LogP contribution is -2.53. The van der Waals surface area contributed by atoms with Gasteiger partial charge < -0.3 is 10.2 Å². The van der Waals surface area contributed by atoms with Crippen LogP contribution >= 0.6 is 11.3 Å². The Bertz CT molecular complexity index is 1720. The maximum atomic E-state index is 14.4. The number of ketones is 1. The Labute approximate surface area is 271 Å². The smallest absolute Gasteiger partial charge is 0.203 e. The van der Waals surface area contributed by atoms with E-state index in [-0.39, 0.29) is 11.7 Å². The normalized spacial score (nSPS) is 27.5. The second kappa shape index (κ2) is 12.3. The van der Waals surface area contributed by atoms with Crippen molar-refractivity contribution in [3.05, 3.63) is 117 Å². The van der Waals surface area contributed by atoms with Crippen LogP contribution in [0.25, 0.3) is 10.1 Å². The number of allylic oxidation sites excluding steroid dienone is 2. The summed E-state index contributed by atoms with van der Waals surface area (Å²) < 4.78 is 1.11. The third-order valence-electron chi connectivity index (χ3n) is 11.3. The number of thiophene rings is 1. The van der Waals surface area contributed by atoms with Crippen molar-refractivity contribution in [3.63, 3.8) is 0 Å². The first-order chi connectivity index (χ1) is 21.7. The summed E-state index contributed by atoms with van der Waals surface area (Å²) in [5.74, 6) is 0.0966. The van der Waals surface area contributed by atoms with E-state index in [0.717, 1.165) is 76.8 Å². The highest BCUT2D eigenvalue weighted by Crippen LogP contribution is 2.59. The number of fused-ring (bicyclic) bond motifs is 10. The van der Waals surface area contributed by atoms with Crippen LogP contribution in [0, 0.1) is 5.41 Å². The number of carbonyl (C=O) groups excluding carboxylic acids is 1. The molecule has 45 heavy (non-hydrogen) atoms. The quantitative estimate of drug-likeness (QED) is 0.179. The highest BCUT2D eigenvalue weighted by molar-refractivity contribution is 7.21. The molecule has 2 bridgehead atoms. The second-order valence-electron chi connectivity index (χ2n) is 14.2. The van der Waals surface area contributed by atoms with E-state index in [4.69, 9.17) is 0 Å². The molecular formula is C40H45NO3S. The average Bonchev–Trinajstić information content (AvgIpc) is 3.58. The van der Waals surface area contributed by atoms with E-state index in [9.17, 15) is 15.0 Å². The first kappa shape index (κ1) is 30.6. The van der Waals surface area contributed by atoms with E-state index in [1.165, 1.54) is 16.7 Å². The number of hydrogen-bond acceptors (Lipinski definition) is 5. The van der Waals surface area contributed by atoms with Crippen molar-refractivity contribution in [2.75, 3.05) is 13.1 Å². The SMILES string of the molecule is CC1=CCCC2(C)C(CCC2(O)CN2CCc3ccccc3C2)c2ccc(cc2C(=O)c2cc3ccccc3s2)CC(O)CC1. The number of nitrogens with zero attached hydrogens (tertiary/aromatic N) is 1. The monoisotopic (exact) mass is 619 g/mol. The van der Waals surface area contributed by atoms with Gasteiger partial charge in [0, 0.05) is 35.3 Å². The van der Waals surface area contributed by atoms with Gasteiger partial charge in [0.1, 0.15) is 0 Å². The van der Waals surface area contributed by atoms with Crippen LogP contribution in [0.4, 0.5) is 0 Å². The molecule has 0 amide bonds. The maximum absolute atomic E-state index is 14.4. The Morgan fingerprint density at radius 1 is 0.978 bits per heavy atom. The van der Waals surface area contributed by atoms with Gasteiger partial charge in [0.2, 0.25) is 5.78 Å². The van der Waals surface area contributed by atoms with Gasteiger partial charge in [-0.3, -0.25) is 9.69 Å². The molecule has 4 aromatic rings. The molecule has 0 saturated heterocycles. The van der Waals surface area contributed by atoms with Gasteiger partial charge in [-0.05, 0) is 110 Å². The Balaban J connectivity index is 1.29. The summed E-state index contributed by atoms with van der Waals surface area (Å²) in [5.41, 5.74) is 5.58. The molecule has 8 rings (SSSR count). The zero-order chi connectivity index (χ0) is 31.2. The lowest BCUT2D eigenvalue weighted by Gasteiger charge is -2.47. The lowest BCUT2D eigenvalue weighted by molar-refractivity contribution is -0.0856. The predicted molar refractivity (Wildman–Crippen MR) is 184 cm³/mol. The van der Waals surface area contributed by atoms with Gasteiger partial charge in [0.05, 0.1) is 16.6 Å². The number of carbonyl (C=O) groups is 1. The number of aliphatic hydroxyl groups excluding tert-OH is 1. The first-order valence-corrected chi connectivity index (χ1v) is 17.6. The molecule has 4 aliphatic rings. The minimum Gasteiger partial charge on any atom is -0.393 e. The predicted octanol–water partition coefficient (Wildman–Crippen LogP) is 8.23. The Morgan fingerprint density at radius 2 is 1.78 bits per heavy atom. The molecule has 0 radical (unpaired) electrons. The fourth-order valence-electron chi connectivity index (χ4n) is 8.48. The van der Waals surface area contributed by atoms with Crippen molar-refractivity contribution in [1.82, 2.24) is 4.90 Å². The molecule has 234 valence electrons. The van der Waals surface area contributed by atoms with Crippen molar-refractivity contribution in [3.8, 4) is 0 Å². The fourth-order valence-corrected chi connectivity index (χ4v) is 9.50. The Kier molecular flexibility index (Phi) is 8.32. The van der Waals surface area contributed by atoms with Crippen molar-refractivity contribution < 1.29 is 15.0 Å². The van der Waals surface area contributed by atoms with E-state index >= 15 is 0 Å². The molecule has 4 atom stereocenters. The van der Waals surface area contributed by atoms with Crippen LogP contribution in [0.5, 0.6) is 0 Å². The fraction of sp³-hybridized carbons (Fsp3) is 0.425. The highest BCUT2D eigenvalue weighted by atomic mass is 32.1. The molecule has 1 fully saturated rings. The molecular weight excluding hydrogens is 575 g/mol. The zero-order valence-corrected chi connectivity index (χ0v) is 27.4. The minimum atomic E-state index is -0.879. The van der Waals surface area contributed by atoms with Crippen LogP contribution in [0.3, 0.4) is 0 Å². The van der Waals surface area contributed by atoms with Crippen LogP contribution in [0.1, 0.15) is 95.8 Å². The largest absolute Gasteiger partial charge is 0.393 e. The number of hydrogen-bond donors (Lipinski definition) is 2. The molecule has 2 N–H and O–H groups in total. The molecule has 3 aliphatic carbocycles. The molecule has 4 unspecified atom stereocenters. The second-order valence-corrected chi connectivity index (χ2v) is 15.2. The van der Waals surface area contributed by atoms with Crippen LogP contribution in [0.15, 0.2) is 84.4 Å².